The van der Waals surface area contributed by atoms with Crippen LogP contribution in [-0.4, -0.2) is 70.0 Å². The first-order valence-corrected chi connectivity index (χ1v) is 9.88. The molecule has 1 aliphatic carbocycles. The van der Waals surface area contributed by atoms with Crippen molar-refractivity contribution in [2.45, 2.75) is 62.9 Å². The number of nitrogens with two attached hydrogens (primary N) is 1. The topological polar surface area (TPSA) is 193 Å². The summed E-state index contributed by atoms with van der Waals surface area (Å²) in [5, 5.41) is 18.1. The molecule has 1 spiro atoms. The monoisotopic (exact) mass is 467 g/mol. The number of rotatable bonds is 8. The number of ether oxygens (including phenoxy) is 4. The van der Waals surface area contributed by atoms with Gasteiger partial charge in [0.25, 0.3) is 5.91 Å². The molecule has 1 saturated carbocycles. The quantitative estimate of drug-likeness (QED) is 0.225. The third kappa shape index (κ3) is 5.09. The number of hydrogen-bond acceptors (Lipinski definition) is 10. The number of aromatic nitrogens is 1. The summed E-state index contributed by atoms with van der Waals surface area (Å²) < 4.78 is 23.5. The zero-order valence-corrected chi connectivity index (χ0v) is 17.7. The van der Waals surface area contributed by atoms with Crippen molar-refractivity contribution in [3.63, 3.8) is 0 Å². The van der Waals surface area contributed by atoms with Crippen molar-refractivity contribution in [3.05, 3.63) is 30.1 Å². The Morgan fingerprint density at radius 2 is 1.88 bits per heavy atom. The Morgan fingerprint density at radius 3 is 2.45 bits per heavy atom. The van der Waals surface area contributed by atoms with Gasteiger partial charge >= 0.3 is 30.1 Å². The summed E-state index contributed by atoms with van der Waals surface area (Å²) in [6.07, 6.45) is -4.23. The van der Waals surface area contributed by atoms with Crippen molar-refractivity contribution in [2.75, 3.05) is 0 Å². The maximum Gasteiger partial charge on any atom is 0.333 e. The van der Waals surface area contributed by atoms with E-state index in [1.165, 1.54) is 29.1 Å². The number of aliphatic carboxylic acids is 1. The van der Waals surface area contributed by atoms with Gasteiger partial charge in [0.05, 0.1) is 6.42 Å². The van der Waals surface area contributed by atoms with Crippen LogP contribution in [0.3, 0.4) is 0 Å². The van der Waals surface area contributed by atoms with Gasteiger partial charge in [-0.3, -0.25) is 19.2 Å². The second kappa shape index (κ2) is 9.11. The molecule has 0 radical (unpaired) electrons. The second-order valence-corrected chi connectivity index (χ2v) is 7.71. The molecule has 3 rings (SSSR count). The van der Waals surface area contributed by atoms with E-state index < -0.39 is 72.5 Å². The third-order valence-electron chi connectivity index (χ3n) is 5.20. The molecule has 2 heterocycles. The van der Waals surface area contributed by atoms with Gasteiger partial charge in [-0.1, -0.05) is 0 Å². The number of amides is 1. The lowest BCUT2D eigenvalue weighted by molar-refractivity contribution is -0.766. The summed E-state index contributed by atoms with van der Waals surface area (Å²) in [4.78, 5) is 58.0. The fourth-order valence-corrected chi connectivity index (χ4v) is 3.72. The van der Waals surface area contributed by atoms with Crippen LogP contribution in [0.1, 0.15) is 43.3 Å². The van der Waals surface area contributed by atoms with Gasteiger partial charge in [0.1, 0.15) is 11.7 Å². The normalized spacial score (nSPS) is 28.6. The molecule has 178 valence electrons. The van der Waals surface area contributed by atoms with E-state index >= 15 is 0 Å². The summed E-state index contributed by atoms with van der Waals surface area (Å²) in [7, 11) is 0. The van der Waals surface area contributed by atoms with Crippen LogP contribution in [0.25, 0.3) is 0 Å². The Hall–Kier alpha value is -3.58. The van der Waals surface area contributed by atoms with Crippen LogP contribution in [0.4, 0.5) is 0 Å². The SMILES string of the molecule is CC(=O)O[C@H]1[C@H]([n+]2cccc(C(N)=O)c2)OC2(CC2OC(=O)C[C@H](O)C(=O)O)[C@H]1OC(C)=O. The number of carboxylic acids is 1. The minimum absolute atomic E-state index is 0.0458. The van der Waals surface area contributed by atoms with Gasteiger partial charge in [-0.05, 0) is 6.07 Å². The standard InChI is InChI=1S/C20H22N2O11/c1-9(23)30-15-16(31-10(2)24)20(7-13(20)32-14(26)6-12(25)19(28)29)33-18(15)22-5-3-4-11(8-22)17(21)27/h3-5,8,12-13,15-16,18,25H,6-7H2,1-2H3,(H2-,21,27,28,29)/p+1/t12-,13?,15+,16-,18+,20?/m0/s1. The number of primary amides is 1. The third-order valence-corrected chi connectivity index (χ3v) is 5.20. The molecule has 1 saturated heterocycles. The first-order chi connectivity index (χ1) is 15.4. The van der Waals surface area contributed by atoms with Crippen LogP contribution in [0.2, 0.25) is 0 Å². The molecule has 1 aliphatic heterocycles. The number of hydrogen-bond donors (Lipinski definition) is 3. The molecule has 0 aromatic carbocycles. The average Bonchev–Trinajstić information content (AvgIpc) is 3.32. The van der Waals surface area contributed by atoms with Gasteiger partial charge in [-0.25, -0.2) is 4.79 Å². The number of carbonyl (C=O) groups is 5. The van der Waals surface area contributed by atoms with Gasteiger partial charge < -0.3 is 34.9 Å². The highest BCUT2D eigenvalue weighted by Crippen LogP contribution is 2.55. The highest BCUT2D eigenvalue weighted by Gasteiger charge is 2.76. The first kappa shape index (κ1) is 24.1. The van der Waals surface area contributed by atoms with Gasteiger partial charge in [0.15, 0.2) is 30.2 Å². The van der Waals surface area contributed by atoms with Gasteiger partial charge in [0, 0.05) is 26.3 Å². The number of aliphatic hydroxyl groups is 1. The summed E-state index contributed by atoms with van der Waals surface area (Å²) >= 11 is 0. The van der Waals surface area contributed by atoms with Gasteiger partial charge in [-0.15, -0.1) is 0 Å². The molecule has 2 fully saturated rings. The molecule has 1 aromatic rings. The number of esters is 3. The van der Waals surface area contributed by atoms with Crippen LogP contribution >= 0.6 is 0 Å². The number of carbonyl (C=O) groups excluding carboxylic acids is 4. The summed E-state index contributed by atoms with van der Waals surface area (Å²) in [6, 6.07) is 2.97. The van der Waals surface area contributed by atoms with Crippen molar-refractivity contribution in [2.24, 2.45) is 5.73 Å². The van der Waals surface area contributed by atoms with Crippen molar-refractivity contribution in [3.8, 4) is 0 Å². The fraction of sp³-hybridized carbons (Fsp3) is 0.500. The van der Waals surface area contributed by atoms with E-state index in [0.717, 1.165) is 13.8 Å². The predicted octanol–water partition coefficient (Wildman–Crippen LogP) is -1.64. The summed E-state index contributed by atoms with van der Waals surface area (Å²) in [5.74, 6) is -4.73. The number of aliphatic hydroxyl groups excluding tert-OH is 1. The number of carboxylic acid groups (broad SMARTS) is 1. The molecule has 2 aliphatic rings. The Balaban J connectivity index is 1.90. The van der Waals surface area contributed by atoms with Crippen LogP contribution in [0, 0.1) is 0 Å². The molecule has 1 aromatic heterocycles. The highest BCUT2D eigenvalue weighted by atomic mass is 16.7. The number of pyridine rings is 1. The van der Waals surface area contributed by atoms with Crippen molar-refractivity contribution >= 4 is 29.8 Å². The lowest BCUT2D eigenvalue weighted by Crippen LogP contribution is -2.48. The van der Waals surface area contributed by atoms with E-state index in [4.69, 9.17) is 29.8 Å². The van der Waals surface area contributed by atoms with E-state index in [1.807, 2.05) is 0 Å². The fourth-order valence-electron chi connectivity index (χ4n) is 3.72. The maximum absolute atomic E-state index is 12.1. The lowest BCUT2D eigenvalue weighted by atomic mass is 10.1. The van der Waals surface area contributed by atoms with Crippen molar-refractivity contribution in [1.29, 1.82) is 0 Å². The zero-order chi connectivity index (χ0) is 24.5. The Labute approximate surface area is 187 Å². The molecule has 0 bridgehead atoms. The van der Waals surface area contributed by atoms with Gasteiger partial charge in [-0.2, -0.15) is 4.57 Å². The summed E-state index contributed by atoms with van der Waals surface area (Å²) in [6.45, 7) is 2.29. The van der Waals surface area contributed by atoms with E-state index in [1.54, 1.807) is 0 Å². The van der Waals surface area contributed by atoms with E-state index in [9.17, 15) is 29.1 Å². The zero-order valence-electron chi connectivity index (χ0n) is 17.7. The first-order valence-electron chi connectivity index (χ1n) is 9.88. The number of nitrogens with zero attached hydrogens (tertiary/aromatic N) is 1. The van der Waals surface area contributed by atoms with Crippen LogP contribution in [-0.2, 0) is 38.1 Å². The largest absolute Gasteiger partial charge is 0.479 e. The van der Waals surface area contributed by atoms with Gasteiger partial charge in [0.2, 0.25) is 6.10 Å². The van der Waals surface area contributed by atoms with Crippen molar-refractivity contribution in [1.82, 2.24) is 0 Å². The Kier molecular flexibility index (Phi) is 6.65. The molecule has 13 heteroatoms. The highest BCUT2D eigenvalue weighted by molar-refractivity contribution is 5.92. The molecular weight excluding hydrogens is 444 g/mol. The summed E-state index contributed by atoms with van der Waals surface area (Å²) in [5.41, 5.74) is 4.07. The predicted molar refractivity (Wildman–Crippen MR) is 102 cm³/mol. The molecule has 2 unspecified atom stereocenters. The van der Waals surface area contributed by atoms with E-state index in [0.29, 0.717) is 0 Å². The maximum atomic E-state index is 12.1. The second-order valence-electron chi connectivity index (χ2n) is 7.71. The van der Waals surface area contributed by atoms with E-state index in [2.05, 4.69) is 0 Å². The smallest absolute Gasteiger partial charge is 0.333 e. The minimum Gasteiger partial charge on any atom is -0.479 e. The molecule has 33 heavy (non-hydrogen) atoms. The molecular formula is C20H23N2O11+. The van der Waals surface area contributed by atoms with Crippen LogP contribution in [0.5, 0.6) is 0 Å². The molecule has 6 atom stereocenters. The molecule has 4 N–H and O–H groups in total. The minimum atomic E-state index is -1.95. The van der Waals surface area contributed by atoms with E-state index in [-0.39, 0.29) is 12.0 Å². The Bertz CT molecular complexity index is 996. The molecule has 1 amide bonds. The Morgan fingerprint density at radius 1 is 1.21 bits per heavy atom. The molecule has 13 nitrogen and oxygen atoms in total. The lowest BCUT2D eigenvalue weighted by Gasteiger charge is -2.22. The van der Waals surface area contributed by atoms with Crippen LogP contribution in [0.15, 0.2) is 24.5 Å². The van der Waals surface area contributed by atoms with Crippen LogP contribution < -0.4 is 10.3 Å². The average molecular weight is 467 g/mol. The van der Waals surface area contributed by atoms with Crippen molar-refractivity contribution < 1.29 is 57.7 Å².